The van der Waals surface area contributed by atoms with Gasteiger partial charge in [0.05, 0.1) is 5.38 Å². The van der Waals surface area contributed by atoms with Crippen molar-refractivity contribution in [1.82, 2.24) is 0 Å². The Morgan fingerprint density at radius 1 is 1.05 bits per heavy atom. The van der Waals surface area contributed by atoms with E-state index in [1.807, 2.05) is 0 Å². The van der Waals surface area contributed by atoms with E-state index in [1.165, 1.54) is 19.3 Å². The molecule has 4 unspecified atom stereocenters. The highest BCUT2D eigenvalue weighted by Crippen LogP contribution is 2.51. The lowest BCUT2D eigenvalue weighted by molar-refractivity contribution is 0.310. The van der Waals surface area contributed by atoms with Gasteiger partial charge in [-0.25, -0.2) is 13.2 Å². The van der Waals surface area contributed by atoms with E-state index in [0.29, 0.717) is 24.3 Å². The summed E-state index contributed by atoms with van der Waals surface area (Å²) in [6, 6.07) is 1.48. The second-order valence-electron chi connectivity index (χ2n) is 5.93. The normalized spacial score (nSPS) is 30.8. The second-order valence-corrected chi connectivity index (χ2v) is 6.45. The van der Waals surface area contributed by atoms with E-state index in [2.05, 4.69) is 0 Å². The molecule has 2 fully saturated rings. The lowest BCUT2D eigenvalue weighted by Crippen LogP contribution is -2.13. The minimum absolute atomic E-state index is 0.0864. The van der Waals surface area contributed by atoms with Crippen LogP contribution in [0.2, 0.25) is 0 Å². The molecule has 0 N–H and O–H groups in total. The van der Waals surface area contributed by atoms with Crippen molar-refractivity contribution >= 4 is 11.6 Å². The molecule has 2 saturated carbocycles. The molecule has 0 aliphatic heterocycles. The molecule has 4 atom stereocenters. The Hall–Kier alpha value is -0.700. The first kappa shape index (κ1) is 13.3. The largest absolute Gasteiger partial charge is 0.207 e. The maximum absolute atomic E-state index is 13.7. The van der Waals surface area contributed by atoms with Gasteiger partial charge < -0.3 is 0 Å². The van der Waals surface area contributed by atoms with Crippen LogP contribution in [0.1, 0.15) is 43.0 Å². The number of hydrogen-bond donors (Lipinski definition) is 0. The summed E-state index contributed by atoms with van der Waals surface area (Å²) in [5.41, 5.74) is 0.0864. The lowest BCUT2D eigenvalue weighted by atomic mass is 9.84. The van der Waals surface area contributed by atoms with Crippen molar-refractivity contribution < 1.29 is 13.2 Å². The van der Waals surface area contributed by atoms with E-state index < -0.39 is 22.8 Å². The Kier molecular flexibility index (Phi) is 3.50. The highest BCUT2D eigenvalue weighted by Gasteiger charge is 2.40. The van der Waals surface area contributed by atoms with Gasteiger partial charge in [-0.3, -0.25) is 0 Å². The standard InChI is InChI=1S/C15H16ClF3/c16-12(5-10-4-8-1-2-9(10)3-8)11-6-14(18)15(19)7-13(11)17/h6-10,12H,1-5H2. The van der Waals surface area contributed by atoms with Crippen molar-refractivity contribution in [2.75, 3.05) is 0 Å². The van der Waals surface area contributed by atoms with E-state index in [1.54, 1.807) is 0 Å². The predicted molar refractivity (Wildman–Crippen MR) is 68.5 cm³/mol. The number of fused-ring (bicyclic) bond motifs is 2. The summed E-state index contributed by atoms with van der Waals surface area (Å²) in [7, 11) is 0. The van der Waals surface area contributed by atoms with Crippen LogP contribution in [0.25, 0.3) is 0 Å². The highest BCUT2D eigenvalue weighted by atomic mass is 35.5. The number of hydrogen-bond acceptors (Lipinski definition) is 0. The lowest BCUT2D eigenvalue weighted by Gasteiger charge is -2.24. The fourth-order valence-corrected chi connectivity index (χ4v) is 4.23. The number of alkyl halides is 1. The molecule has 0 aromatic heterocycles. The molecule has 0 radical (unpaired) electrons. The van der Waals surface area contributed by atoms with Crippen molar-refractivity contribution in [3.8, 4) is 0 Å². The Morgan fingerprint density at radius 2 is 1.79 bits per heavy atom. The summed E-state index contributed by atoms with van der Waals surface area (Å²) in [6.45, 7) is 0. The Balaban J connectivity index is 1.73. The Bertz CT molecular complexity index is 489. The van der Waals surface area contributed by atoms with Crippen LogP contribution in [0, 0.1) is 35.2 Å². The summed E-state index contributed by atoms with van der Waals surface area (Å²) in [4.78, 5) is 0. The third-order valence-electron chi connectivity index (χ3n) is 4.77. The van der Waals surface area contributed by atoms with Crippen molar-refractivity contribution in [1.29, 1.82) is 0 Å². The van der Waals surface area contributed by atoms with Gasteiger partial charge in [0, 0.05) is 11.6 Å². The van der Waals surface area contributed by atoms with Crippen LogP contribution in [0.4, 0.5) is 13.2 Å². The average molecular weight is 289 g/mol. The van der Waals surface area contributed by atoms with Gasteiger partial charge in [-0.15, -0.1) is 11.6 Å². The van der Waals surface area contributed by atoms with E-state index in [-0.39, 0.29) is 5.56 Å². The predicted octanol–water partition coefficient (Wildman–Crippen LogP) is 5.21. The highest BCUT2D eigenvalue weighted by molar-refractivity contribution is 6.20. The molecular weight excluding hydrogens is 273 g/mol. The van der Waals surface area contributed by atoms with E-state index in [9.17, 15) is 13.2 Å². The first-order valence-corrected chi connectivity index (χ1v) is 7.26. The van der Waals surface area contributed by atoms with Crippen LogP contribution in [-0.2, 0) is 0 Å². The zero-order chi connectivity index (χ0) is 13.6. The number of benzene rings is 1. The summed E-state index contributed by atoms with van der Waals surface area (Å²) in [5, 5.41) is -0.570. The Morgan fingerprint density at radius 3 is 2.42 bits per heavy atom. The van der Waals surface area contributed by atoms with Crippen LogP contribution in [-0.4, -0.2) is 0 Å². The van der Waals surface area contributed by atoms with Crippen molar-refractivity contribution in [3.05, 3.63) is 35.1 Å². The summed E-state index contributed by atoms with van der Waals surface area (Å²) < 4.78 is 39.7. The summed E-state index contributed by atoms with van der Waals surface area (Å²) in [6.07, 6.45) is 5.60. The molecule has 19 heavy (non-hydrogen) atoms. The quantitative estimate of drug-likeness (QED) is 0.529. The van der Waals surface area contributed by atoms with E-state index in [4.69, 9.17) is 11.6 Å². The van der Waals surface area contributed by atoms with Gasteiger partial charge in [0.25, 0.3) is 0 Å². The van der Waals surface area contributed by atoms with Crippen LogP contribution in [0.15, 0.2) is 12.1 Å². The molecule has 4 heteroatoms. The number of rotatable bonds is 3. The maximum atomic E-state index is 13.7. The van der Waals surface area contributed by atoms with Gasteiger partial charge in [0.15, 0.2) is 11.6 Å². The summed E-state index contributed by atoms with van der Waals surface area (Å²) in [5.74, 6) is -0.941. The second kappa shape index (κ2) is 5.01. The van der Waals surface area contributed by atoms with Crippen LogP contribution in [0.3, 0.4) is 0 Å². The third kappa shape index (κ3) is 2.49. The zero-order valence-corrected chi connectivity index (χ0v) is 11.3. The Labute approximate surface area is 116 Å². The first-order valence-electron chi connectivity index (χ1n) is 6.83. The van der Waals surface area contributed by atoms with Gasteiger partial charge in [-0.05, 0) is 49.5 Å². The van der Waals surface area contributed by atoms with Gasteiger partial charge >= 0.3 is 0 Å². The molecule has 1 aromatic rings. The minimum Gasteiger partial charge on any atom is -0.207 e. The third-order valence-corrected chi connectivity index (χ3v) is 5.18. The van der Waals surface area contributed by atoms with E-state index >= 15 is 0 Å². The first-order chi connectivity index (χ1) is 9.04. The van der Waals surface area contributed by atoms with E-state index in [0.717, 1.165) is 18.4 Å². The molecule has 0 heterocycles. The summed E-state index contributed by atoms with van der Waals surface area (Å²) >= 11 is 6.22. The number of halogens is 4. The van der Waals surface area contributed by atoms with Crippen LogP contribution >= 0.6 is 11.6 Å². The molecular formula is C15H16ClF3. The van der Waals surface area contributed by atoms with Crippen molar-refractivity contribution in [3.63, 3.8) is 0 Å². The van der Waals surface area contributed by atoms with Crippen molar-refractivity contribution in [2.24, 2.45) is 17.8 Å². The molecule has 3 rings (SSSR count). The van der Waals surface area contributed by atoms with Crippen LogP contribution in [0.5, 0.6) is 0 Å². The van der Waals surface area contributed by atoms with Gasteiger partial charge in [0.1, 0.15) is 5.82 Å². The van der Waals surface area contributed by atoms with Gasteiger partial charge in [-0.1, -0.05) is 6.42 Å². The van der Waals surface area contributed by atoms with Crippen LogP contribution < -0.4 is 0 Å². The molecule has 104 valence electrons. The molecule has 0 saturated heterocycles. The molecule has 0 amide bonds. The average Bonchev–Trinajstić information content (AvgIpc) is 2.95. The zero-order valence-electron chi connectivity index (χ0n) is 10.5. The molecule has 0 nitrogen and oxygen atoms in total. The molecule has 1 aromatic carbocycles. The molecule has 2 bridgehead atoms. The van der Waals surface area contributed by atoms with Crippen molar-refractivity contribution in [2.45, 2.75) is 37.5 Å². The van der Waals surface area contributed by atoms with Gasteiger partial charge in [0.2, 0.25) is 0 Å². The van der Waals surface area contributed by atoms with Gasteiger partial charge in [-0.2, -0.15) is 0 Å². The smallest absolute Gasteiger partial charge is 0.161 e. The fraction of sp³-hybridized carbons (Fsp3) is 0.600. The topological polar surface area (TPSA) is 0 Å². The molecule has 2 aliphatic rings. The fourth-order valence-electron chi connectivity index (χ4n) is 3.84. The monoisotopic (exact) mass is 288 g/mol. The minimum atomic E-state index is -1.16. The SMILES string of the molecule is Fc1cc(F)c(C(Cl)CC2CC3CCC2C3)cc1F. The molecule has 0 spiro atoms. The molecule has 2 aliphatic carbocycles. The maximum Gasteiger partial charge on any atom is 0.161 e.